The van der Waals surface area contributed by atoms with Crippen molar-refractivity contribution in [3.63, 3.8) is 0 Å². The highest BCUT2D eigenvalue weighted by molar-refractivity contribution is 5.94. The number of fused-ring (bicyclic) bond motifs is 1. The maximum absolute atomic E-state index is 13.1. The van der Waals surface area contributed by atoms with Gasteiger partial charge in [-0.25, -0.2) is 0 Å². The lowest BCUT2D eigenvalue weighted by Crippen LogP contribution is -2.46. The normalized spacial score (nSPS) is 25.1. The monoisotopic (exact) mass is 330 g/mol. The number of aromatic amines is 1. The second-order valence-electron chi connectivity index (χ2n) is 8.24. The molecule has 1 N–H and O–H groups in total. The highest BCUT2D eigenvalue weighted by atomic mass is 16.2. The van der Waals surface area contributed by atoms with E-state index in [0.29, 0.717) is 17.7 Å². The van der Waals surface area contributed by atoms with E-state index in [4.69, 9.17) is 0 Å². The minimum atomic E-state index is 0.147. The van der Waals surface area contributed by atoms with Gasteiger partial charge in [-0.3, -0.25) is 14.8 Å². The fourth-order valence-electron chi connectivity index (χ4n) is 4.38. The van der Waals surface area contributed by atoms with Gasteiger partial charge in [0.25, 0.3) is 5.91 Å². The van der Waals surface area contributed by atoms with Gasteiger partial charge >= 0.3 is 0 Å². The van der Waals surface area contributed by atoms with Crippen LogP contribution in [0.4, 0.5) is 0 Å². The molecule has 0 radical (unpaired) electrons. The summed E-state index contributed by atoms with van der Waals surface area (Å²) in [6.45, 7) is 8.66. The third kappa shape index (κ3) is 3.10. The minimum Gasteiger partial charge on any atom is -0.336 e. The van der Waals surface area contributed by atoms with Crippen molar-refractivity contribution in [3.8, 4) is 0 Å². The average molecular weight is 330 g/mol. The second kappa shape index (κ2) is 6.51. The van der Waals surface area contributed by atoms with Gasteiger partial charge in [0, 0.05) is 43.5 Å². The quantitative estimate of drug-likeness (QED) is 0.923. The van der Waals surface area contributed by atoms with Crippen molar-refractivity contribution in [2.75, 3.05) is 26.2 Å². The molecular formula is C19H30N4O. The largest absolute Gasteiger partial charge is 0.336 e. The van der Waals surface area contributed by atoms with E-state index in [-0.39, 0.29) is 5.91 Å². The zero-order valence-electron chi connectivity index (χ0n) is 15.1. The zero-order chi connectivity index (χ0) is 16.7. The van der Waals surface area contributed by atoms with Crippen molar-refractivity contribution in [2.24, 2.45) is 11.8 Å². The van der Waals surface area contributed by atoms with Crippen LogP contribution in [-0.2, 0) is 12.8 Å². The molecule has 0 spiro atoms. The second-order valence-corrected chi connectivity index (χ2v) is 8.24. The van der Waals surface area contributed by atoms with E-state index in [1.54, 1.807) is 0 Å². The Morgan fingerprint density at radius 1 is 1.25 bits per heavy atom. The molecule has 0 aromatic carbocycles. The topological polar surface area (TPSA) is 52.2 Å². The Kier molecular flexibility index (Phi) is 4.37. The summed E-state index contributed by atoms with van der Waals surface area (Å²) >= 11 is 0. The van der Waals surface area contributed by atoms with Crippen LogP contribution in [0.15, 0.2) is 0 Å². The highest BCUT2D eigenvalue weighted by Gasteiger charge is 2.35. The molecule has 24 heavy (non-hydrogen) atoms. The van der Waals surface area contributed by atoms with Gasteiger partial charge in [0.2, 0.25) is 0 Å². The molecule has 3 aliphatic rings. The van der Waals surface area contributed by atoms with Crippen molar-refractivity contribution in [2.45, 2.75) is 58.4 Å². The summed E-state index contributed by atoms with van der Waals surface area (Å²) < 4.78 is 0. The van der Waals surface area contributed by atoms with Crippen LogP contribution in [0.1, 0.15) is 61.3 Å². The predicted octanol–water partition coefficient (Wildman–Crippen LogP) is 2.48. The average Bonchev–Trinajstić information content (AvgIpc) is 3.16. The Morgan fingerprint density at radius 3 is 2.83 bits per heavy atom. The molecule has 1 aromatic rings. The lowest BCUT2D eigenvalue weighted by atomic mass is 10.0. The number of aromatic nitrogens is 2. The van der Waals surface area contributed by atoms with E-state index in [0.717, 1.165) is 51.2 Å². The molecule has 0 bridgehead atoms. The van der Waals surface area contributed by atoms with E-state index < -0.39 is 0 Å². The first kappa shape index (κ1) is 16.1. The van der Waals surface area contributed by atoms with Crippen LogP contribution >= 0.6 is 0 Å². The third-order valence-corrected chi connectivity index (χ3v) is 6.01. The highest BCUT2D eigenvalue weighted by Crippen LogP contribution is 2.32. The summed E-state index contributed by atoms with van der Waals surface area (Å²) in [5.41, 5.74) is 3.06. The molecule has 132 valence electrons. The standard InChI is InChI=1S/C19H30N4O/c1-13(2)17-12-23(10-4-9-22(17)11-14-7-8-14)19(24)18-15-5-3-6-16(15)20-21-18/h13-14,17H,3-12H2,1-2H3,(H,20,21). The molecule has 1 atom stereocenters. The fraction of sp³-hybridized carbons (Fsp3) is 0.789. The van der Waals surface area contributed by atoms with Crippen molar-refractivity contribution in [1.29, 1.82) is 0 Å². The summed E-state index contributed by atoms with van der Waals surface area (Å²) in [6.07, 6.45) is 7.05. The number of carbonyl (C=O) groups excluding carboxylic acids is 1. The molecule has 1 aliphatic heterocycles. The van der Waals surface area contributed by atoms with Gasteiger partial charge in [0.1, 0.15) is 0 Å². The summed E-state index contributed by atoms with van der Waals surface area (Å²) in [5.74, 6) is 1.62. The van der Waals surface area contributed by atoms with Crippen LogP contribution in [-0.4, -0.2) is 58.1 Å². The predicted molar refractivity (Wildman–Crippen MR) is 94.1 cm³/mol. The molecule has 5 heteroatoms. The first-order valence-corrected chi connectivity index (χ1v) is 9.73. The van der Waals surface area contributed by atoms with Crippen molar-refractivity contribution < 1.29 is 4.79 Å². The SMILES string of the molecule is CC(C)C1CN(C(=O)c2n[nH]c3c2CCC3)CCCN1CC1CC1. The first-order valence-electron chi connectivity index (χ1n) is 9.73. The molecule has 2 aliphatic carbocycles. The Hall–Kier alpha value is -1.36. The number of hydrogen-bond donors (Lipinski definition) is 1. The number of nitrogens with zero attached hydrogens (tertiary/aromatic N) is 3. The van der Waals surface area contributed by atoms with Gasteiger partial charge in [0.15, 0.2) is 5.69 Å². The molecule has 2 fully saturated rings. The van der Waals surface area contributed by atoms with E-state index in [2.05, 4.69) is 33.8 Å². The van der Waals surface area contributed by atoms with Crippen molar-refractivity contribution in [1.82, 2.24) is 20.0 Å². The van der Waals surface area contributed by atoms with Crippen molar-refractivity contribution >= 4 is 5.91 Å². The van der Waals surface area contributed by atoms with Gasteiger partial charge in [-0.2, -0.15) is 5.10 Å². The molecule has 1 saturated carbocycles. The summed E-state index contributed by atoms with van der Waals surface area (Å²) in [5, 5.41) is 7.45. The molecule has 4 rings (SSSR count). The number of carbonyl (C=O) groups is 1. The molecule has 1 saturated heterocycles. The number of aryl methyl sites for hydroxylation is 1. The van der Waals surface area contributed by atoms with E-state index in [1.165, 1.54) is 30.6 Å². The molecule has 1 unspecified atom stereocenters. The summed E-state index contributed by atoms with van der Waals surface area (Å²) in [7, 11) is 0. The van der Waals surface area contributed by atoms with Gasteiger partial charge in [-0.15, -0.1) is 0 Å². The molecule has 2 heterocycles. The first-order chi connectivity index (χ1) is 11.6. The van der Waals surface area contributed by atoms with Crippen LogP contribution in [0.3, 0.4) is 0 Å². The minimum absolute atomic E-state index is 0.147. The number of nitrogens with one attached hydrogen (secondary N) is 1. The smallest absolute Gasteiger partial charge is 0.274 e. The lowest BCUT2D eigenvalue weighted by molar-refractivity contribution is 0.0697. The fourth-order valence-corrected chi connectivity index (χ4v) is 4.38. The molecular weight excluding hydrogens is 300 g/mol. The number of amides is 1. The molecule has 1 amide bonds. The van der Waals surface area contributed by atoms with Crippen LogP contribution in [0.2, 0.25) is 0 Å². The van der Waals surface area contributed by atoms with Crippen molar-refractivity contribution in [3.05, 3.63) is 17.0 Å². The van der Waals surface area contributed by atoms with Gasteiger partial charge in [-0.1, -0.05) is 13.8 Å². The van der Waals surface area contributed by atoms with Gasteiger partial charge in [-0.05, 0) is 50.4 Å². The number of hydrogen-bond acceptors (Lipinski definition) is 3. The lowest BCUT2D eigenvalue weighted by Gasteiger charge is -2.34. The molecule has 1 aromatic heterocycles. The third-order valence-electron chi connectivity index (χ3n) is 6.01. The van der Waals surface area contributed by atoms with Crippen LogP contribution < -0.4 is 0 Å². The number of rotatable bonds is 4. The summed E-state index contributed by atoms with van der Waals surface area (Å²) in [4.78, 5) is 17.8. The Bertz CT molecular complexity index is 605. The maximum Gasteiger partial charge on any atom is 0.274 e. The zero-order valence-corrected chi connectivity index (χ0v) is 15.1. The van der Waals surface area contributed by atoms with Gasteiger partial charge < -0.3 is 4.90 Å². The molecule has 5 nitrogen and oxygen atoms in total. The Labute approximate surface area is 144 Å². The number of H-pyrrole nitrogens is 1. The van der Waals surface area contributed by atoms with Crippen LogP contribution in [0.25, 0.3) is 0 Å². The van der Waals surface area contributed by atoms with Crippen LogP contribution in [0.5, 0.6) is 0 Å². The van der Waals surface area contributed by atoms with E-state index in [1.807, 2.05) is 0 Å². The maximum atomic E-state index is 13.1. The van der Waals surface area contributed by atoms with E-state index in [9.17, 15) is 4.79 Å². The summed E-state index contributed by atoms with van der Waals surface area (Å²) in [6, 6.07) is 0.476. The Morgan fingerprint density at radius 2 is 2.08 bits per heavy atom. The van der Waals surface area contributed by atoms with Crippen LogP contribution in [0, 0.1) is 11.8 Å². The van der Waals surface area contributed by atoms with Gasteiger partial charge in [0.05, 0.1) is 0 Å². The van der Waals surface area contributed by atoms with E-state index >= 15 is 0 Å². The Balaban J connectivity index is 1.51.